The SMILES string of the molecule is CC(=O)c1c(Cl)ccc(SCc2ccccc2)c1F. The number of hydrogen-bond acceptors (Lipinski definition) is 2. The van der Waals surface area contributed by atoms with Gasteiger partial charge in [0.05, 0.1) is 10.6 Å². The van der Waals surface area contributed by atoms with Gasteiger partial charge in [0.2, 0.25) is 0 Å². The number of hydrogen-bond donors (Lipinski definition) is 0. The first kappa shape index (κ1) is 14.1. The van der Waals surface area contributed by atoms with Gasteiger partial charge < -0.3 is 0 Å². The lowest BCUT2D eigenvalue weighted by Gasteiger charge is -2.08. The number of carbonyl (C=O) groups excluding carboxylic acids is 1. The minimum absolute atomic E-state index is 0.0280. The molecule has 0 aromatic heterocycles. The molecule has 0 fully saturated rings. The Morgan fingerprint density at radius 2 is 1.89 bits per heavy atom. The Morgan fingerprint density at radius 3 is 2.53 bits per heavy atom. The number of Topliss-reactive ketones (excluding diaryl/α,β-unsaturated/α-hetero) is 1. The molecule has 0 unspecified atom stereocenters. The van der Waals surface area contributed by atoms with Gasteiger partial charge in [0.15, 0.2) is 5.78 Å². The highest BCUT2D eigenvalue weighted by Crippen LogP contribution is 2.31. The van der Waals surface area contributed by atoms with E-state index in [0.717, 1.165) is 5.56 Å². The maximum Gasteiger partial charge on any atom is 0.164 e. The molecule has 0 saturated carbocycles. The molecule has 1 nitrogen and oxygen atoms in total. The molecule has 2 aromatic carbocycles. The van der Waals surface area contributed by atoms with E-state index in [4.69, 9.17) is 11.6 Å². The van der Waals surface area contributed by atoms with Gasteiger partial charge in [0.25, 0.3) is 0 Å². The van der Waals surface area contributed by atoms with Crippen molar-refractivity contribution in [1.82, 2.24) is 0 Å². The molecular formula is C15H12ClFOS. The number of thioether (sulfide) groups is 1. The minimum Gasteiger partial charge on any atom is -0.294 e. The van der Waals surface area contributed by atoms with Gasteiger partial charge in [-0.25, -0.2) is 4.39 Å². The molecule has 2 aromatic rings. The second kappa shape index (κ2) is 6.22. The van der Waals surface area contributed by atoms with Crippen molar-refractivity contribution in [2.75, 3.05) is 0 Å². The maximum atomic E-state index is 14.2. The molecule has 0 aliphatic heterocycles. The highest BCUT2D eigenvalue weighted by molar-refractivity contribution is 7.98. The second-order valence-electron chi connectivity index (χ2n) is 4.06. The molecule has 0 atom stereocenters. The summed E-state index contributed by atoms with van der Waals surface area (Å²) in [5.74, 6) is -0.234. The highest BCUT2D eigenvalue weighted by Gasteiger charge is 2.16. The third kappa shape index (κ3) is 3.37. The molecule has 0 saturated heterocycles. The van der Waals surface area contributed by atoms with Crippen molar-refractivity contribution in [2.45, 2.75) is 17.6 Å². The Balaban J connectivity index is 2.22. The Hall–Kier alpha value is -1.32. The number of benzene rings is 2. The van der Waals surface area contributed by atoms with Crippen molar-refractivity contribution in [1.29, 1.82) is 0 Å². The lowest BCUT2D eigenvalue weighted by Crippen LogP contribution is -2.00. The van der Waals surface area contributed by atoms with Crippen LogP contribution in [0.25, 0.3) is 0 Å². The van der Waals surface area contributed by atoms with E-state index >= 15 is 0 Å². The van der Waals surface area contributed by atoms with Gasteiger partial charge in [-0.2, -0.15) is 0 Å². The first-order valence-electron chi connectivity index (χ1n) is 5.75. The fourth-order valence-corrected chi connectivity index (χ4v) is 2.89. The molecule has 0 heterocycles. The second-order valence-corrected chi connectivity index (χ2v) is 5.49. The van der Waals surface area contributed by atoms with Gasteiger partial charge in [-0.15, -0.1) is 11.8 Å². The normalized spacial score (nSPS) is 10.5. The quantitative estimate of drug-likeness (QED) is 0.585. The molecule has 0 aliphatic carbocycles. The van der Waals surface area contributed by atoms with Crippen molar-refractivity contribution in [3.63, 3.8) is 0 Å². The van der Waals surface area contributed by atoms with Crippen LogP contribution in [0.1, 0.15) is 22.8 Å². The summed E-state index contributed by atoms with van der Waals surface area (Å²) < 4.78 is 14.2. The van der Waals surface area contributed by atoms with E-state index in [-0.39, 0.29) is 16.4 Å². The van der Waals surface area contributed by atoms with Gasteiger partial charge in [-0.1, -0.05) is 41.9 Å². The van der Waals surface area contributed by atoms with Crippen LogP contribution in [0, 0.1) is 5.82 Å². The molecule has 0 aliphatic rings. The maximum absolute atomic E-state index is 14.2. The molecular weight excluding hydrogens is 283 g/mol. The fraction of sp³-hybridized carbons (Fsp3) is 0.133. The van der Waals surface area contributed by atoms with Crippen LogP contribution in [0.15, 0.2) is 47.4 Å². The molecule has 0 radical (unpaired) electrons. The summed E-state index contributed by atoms with van der Waals surface area (Å²) in [6.45, 7) is 1.32. The summed E-state index contributed by atoms with van der Waals surface area (Å²) in [6.07, 6.45) is 0. The van der Waals surface area contributed by atoms with E-state index in [9.17, 15) is 9.18 Å². The third-order valence-electron chi connectivity index (χ3n) is 2.64. The van der Waals surface area contributed by atoms with Crippen LogP contribution < -0.4 is 0 Å². The van der Waals surface area contributed by atoms with Crippen LogP contribution in [0.4, 0.5) is 4.39 Å². The van der Waals surface area contributed by atoms with Crippen LogP contribution in [0.3, 0.4) is 0 Å². The molecule has 98 valence electrons. The summed E-state index contributed by atoms with van der Waals surface area (Å²) in [5, 5.41) is 0.161. The zero-order valence-corrected chi connectivity index (χ0v) is 11.9. The Kier molecular flexibility index (Phi) is 4.61. The lowest BCUT2D eigenvalue weighted by molar-refractivity contribution is 0.101. The Labute approximate surface area is 120 Å². The van der Waals surface area contributed by atoms with Crippen molar-refractivity contribution in [3.8, 4) is 0 Å². The summed E-state index contributed by atoms with van der Waals surface area (Å²) >= 11 is 7.20. The van der Waals surface area contributed by atoms with Crippen LogP contribution in [-0.4, -0.2) is 5.78 Å². The standard InChI is InChI=1S/C15H12ClFOS/c1-10(18)14-12(16)7-8-13(15(14)17)19-9-11-5-3-2-4-6-11/h2-8H,9H2,1H3. The Morgan fingerprint density at radius 1 is 1.21 bits per heavy atom. The van der Waals surface area contributed by atoms with E-state index in [1.165, 1.54) is 18.7 Å². The van der Waals surface area contributed by atoms with Crippen molar-refractivity contribution in [3.05, 3.63) is 64.4 Å². The molecule has 0 amide bonds. The van der Waals surface area contributed by atoms with Crippen molar-refractivity contribution in [2.24, 2.45) is 0 Å². The van der Waals surface area contributed by atoms with Crippen LogP contribution in [0.2, 0.25) is 5.02 Å². The average Bonchev–Trinajstić information content (AvgIpc) is 2.38. The number of halogens is 2. The third-order valence-corrected chi connectivity index (χ3v) is 4.06. The summed E-state index contributed by atoms with van der Waals surface area (Å²) in [5.41, 5.74) is 1.07. The topological polar surface area (TPSA) is 17.1 Å². The predicted molar refractivity (Wildman–Crippen MR) is 77.4 cm³/mol. The molecule has 19 heavy (non-hydrogen) atoms. The summed E-state index contributed by atoms with van der Waals surface area (Å²) in [7, 11) is 0. The fourth-order valence-electron chi connectivity index (χ4n) is 1.70. The van der Waals surface area contributed by atoms with Crippen LogP contribution in [-0.2, 0) is 5.75 Å². The van der Waals surface area contributed by atoms with E-state index < -0.39 is 5.82 Å². The molecule has 2 rings (SSSR count). The largest absolute Gasteiger partial charge is 0.294 e. The van der Waals surface area contributed by atoms with Gasteiger partial charge >= 0.3 is 0 Å². The van der Waals surface area contributed by atoms with E-state index in [2.05, 4.69) is 0 Å². The van der Waals surface area contributed by atoms with E-state index in [1.807, 2.05) is 30.3 Å². The zero-order valence-electron chi connectivity index (χ0n) is 10.3. The van der Waals surface area contributed by atoms with Gasteiger partial charge in [0, 0.05) is 10.6 Å². The predicted octanol–water partition coefficient (Wildman–Crippen LogP) is 4.97. The lowest BCUT2D eigenvalue weighted by atomic mass is 10.1. The minimum atomic E-state index is -0.527. The van der Waals surface area contributed by atoms with Gasteiger partial charge in [0.1, 0.15) is 5.82 Å². The molecule has 0 spiro atoms. The monoisotopic (exact) mass is 294 g/mol. The number of rotatable bonds is 4. The van der Waals surface area contributed by atoms with Crippen LogP contribution >= 0.6 is 23.4 Å². The average molecular weight is 295 g/mol. The summed E-state index contributed by atoms with van der Waals surface area (Å²) in [6, 6.07) is 12.9. The van der Waals surface area contributed by atoms with Crippen molar-refractivity contribution < 1.29 is 9.18 Å². The van der Waals surface area contributed by atoms with E-state index in [1.54, 1.807) is 12.1 Å². The highest BCUT2D eigenvalue weighted by atomic mass is 35.5. The van der Waals surface area contributed by atoms with Crippen LogP contribution in [0.5, 0.6) is 0 Å². The zero-order chi connectivity index (χ0) is 13.8. The first-order valence-corrected chi connectivity index (χ1v) is 7.11. The molecule has 0 bridgehead atoms. The smallest absolute Gasteiger partial charge is 0.164 e. The van der Waals surface area contributed by atoms with E-state index in [0.29, 0.717) is 10.6 Å². The summed E-state index contributed by atoms with van der Waals surface area (Å²) in [4.78, 5) is 11.8. The number of carbonyl (C=O) groups is 1. The van der Waals surface area contributed by atoms with Gasteiger partial charge in [-0.05, 0) is 24.6 Å². The Bertz CT molecular complexity index is 599. The molecule has 4 heteroatoms. The molecule has 0 N–H and O–H groups in total. The van der Waals surface area contributed by atoms with Crippen molar-refractivity contribution >= 4 is 29.1 Å². The van der Waals surface area contributed by atoms with Gasteiger partial charge in [-0.3, -0.25) is 4.79 Å². The number of ketones is 1. The first-order chi connectivity index (χ1) is 9.09.